The number of carbonyl (C=O) groups excluding carboxylic acids is 1. The summed E-state index contributed by atoms with van der Waals surface area (Å²) in [4.78, 5) is 28.3. The van der Waals surface area contributed by atoms with E-state index in [2.05, 4.69) is 49.3 Å². The van der Waals surface area contributed by atoms with Crippen molar-refractivity contribution in [3.8, 4) is 11.5 Å². The fraction of sp³-hybridized carbons (Fsp3) is 0.161. The molecule has 1 aliphatic heterocycles. The zero-order valence-corrected chi connectivity index (χ0v) is 22.0. The first-order chi connectivity index (χ1) is 19.0. The number of ether oxygens (including phenoxy) is 1. The molecule has 2 aromatic carbocycles. The van der Waals surface area contributed by atoms with Crippen LogP contribution < -0.4 is 20.3 Å². The quantitative estimate of drug-likeness (QED) is 0.150. The van der Waals surface area contributed by atoms with Gasteiger partial charge in [0.25, 0.3) is 5.91 Å². The van der Waals surface area contributed by atoms with Gasteiger partial charge in [0.05, 0.1) is 11.2 Å². The molecule has 3 heterocycles. The van der Waals surface area contributed by atoms with Crippen LogP contribution in [0.4, 0.5) is 17.1 Å². The molecule has 5 rings (SSSR count). The highest BCUT2D eigenvalue weighted by Crippen LogP contribution is 2.31. The van der Waals surface area contributed by atoms with E-state index in [0.29, 0.717) is 28.6 Å². The average molecular weight is 519 g/mol. The second-order valence-electron chi connectivity index (χ2n) is 9.18. The van der Waals surface area contributed by atoms with Crippen molar-refractivity contribution in [2.24, 2.45) is 4.99 Å². The molecule has 196 valence electrons. The van der Waals surface area contributed by atoms with Gasteiger partial charge in [0, 0.05) is 59.6 Å². The van der Waals surface area contributed by atoms with Gasteiger partial charge in [-0.15, -0.1) is 0 Å². The fourth-order valence-electron chi connectivity index (χ4n) is 4.29. The summed E-state index contributed by atoms with van der Waals surface area (Å²) < 4.78 is 5.86. The van der Waals surface area contributed by atoms with Gasteiger partial charge in [-0.05, 0) is 81.6 Å². The van der Waals surface area contributed by atoms with Crippen molar-refractivity contribution in [3.63, 3.8) is 0 Å². The lowest BCUT2D eigenvalue weighted by Gasteiger charge is -2.33. The normalized spacial score (nSPS) is 13.5. The van der Waals surface area contributed by atoms with Gasteiger partial charge in [0.1, 0.15) is 17.3 Å². The summed E-state index contributed by atoms with van der Waals surface area (Å²) in [6, 6.07) is 19.0. The zero-order chi connectivity index (χ0) is 27.2. The largest absolute Gasteiger partial charge is 0.457 e. The van der Waals surface area contributed by atoms with Crippen LogP contribution in [0.2, 0.25) is 0 Å². The Morgan fingerprint density at radius 2 is 1.87 bits per heavy atom. The van der Waals surface area contributed by atoms with Crippen molar-refractivity contribution in [3.05, 3.63) is 102 Å². The van der Waals surface area contributed by atoms with Crippen molar-refractivity contribution in [2.45, 2.75) is 20.3 Å². The maximum Gasteiger partial charge on any atom is 0.255 e. The van der Waals surface area contributed by atoms with Gasteiger partial charge in [-0.25, -0.2) is 4.99 Å². The average Bonchev–Trinajstić information content (AvgIpc) is 2.91. The molecule has 2 N–H and O–H groups in total. The van der Waals surface area contributed by atoms with Crippen molar-refractivity contribution in [2.75, 3.05) is 28.6 Å². The molecule has 39 heavy (non-hydrogen) atoms. The van der Waals surface area contributed by atoms with E-state index in [-0.39, 0.29) is 5.91 Å². The number of nitrogens with one attached hydrogen (secondary N) is 2. The molecule has 8 nitrogen and oxygen atoms in total. The Kier molecular flexibility index (Phi) is 7.63. The van der Waals surface area contributed by atoms with Crippen LogP contribution in [0.25, 0.3) is 10.9 Å². The highest BCUT2D eigenvalue weighted by atomic mass is 16.5. The molecule has 0 radical (unpaired) electrons. The van der Waals surface area contributed by atoms with E-state index in [1.54, 1.807) is 55.7 Å². The van der Waals surface area contributed by atoms with E-state index < -0.39 is 0 Å². The first kappa shape index (κ1) is 25.7. The summed E-state index contributed by atoms with van der Waals surface area (Å²) in [5, 5.41) is 7.28. The van der Waals surface area contributed by atoms with Crippen molar-refractivity contribution in [1.29, 1.82) is 0 Å². The third-order valence-corrected chi connectivity index (χ3v) is 6.42. The number of hydrogen-bond acceptors (Lipinski definition) is 7. The number of hydrogen-bond donors (Lipinski definition) is 2. The maximum atomic E-state index is 13.2. The molecule has 0 spiro atoms. The van der Waals surface area contributed by atoms with Crippen molar-refractivity contribution >= 4 is 40.6 Å². The summed E-state index contributed by atoms with van der Waals surface area (Å²) in [6.07, 6.45) is 7.94. The van der Waals surface area contributed by atoms with Crippen molar-refractivity contribution < 1.29 is 9.53 Å². The molecule has 1 fully saturated rings. The number of nitrogens with zero attached hydrogens (tertiary/aromatic N) is 4. The highest BCUT2D eigenvalue weighted by Gasteiger charge is 2.16. The molecular formula is C31H30N6O2. The molecule has 0 saturated carbocycles. The number of pyridine rings is 2. The molecule has 0 bridgehead atoms. The van der Waals surface area contributed by atoms with Crippen LogP contribution in [-0.4, -0.2) is 35.7 Å². The van der Waals surface area contributed by atoms with Crippen LogP contribution in [0.5, 0.6) is 11.5 Å². The van der Waals surface area contributed by atoms with Gasteiger partial charge in [0.2, 0.25) is 0 Å². The Labute approximate surface area is 227 Å². The van der Waals surface area contributed by atoms with Gasteiger partial charge in [-0.3, -0.25) is 14.8 Å². The second kappa shape index (κ2) is 11.6. The summed E-state index contributed by atoms with van der Waals surface area (Å²) in [5.74, 6) is 1.44. The van der Waals surface area contributed by atoms with Gasteiger partial charge < -0.3 is 20.3 Å². The van der Waals surface area contributed by atoms with Crippen LogP contribution >= 0.6 is 0 Å². The summed E-state index contributed by atoms with van der Waals surface area (Å²) in [6.45, 7) is 9.61. The number of carbonyl (C=O) groups is 1. The zero-order valence-electron chi connectivity index (χ0n) is 22.0. The molecule has 1 amide bonds. The Morgan fingerprint density at radius 1 is 1.05 bits per heavy atom. The minimum atomic E-state index is -0.280. The van der Waals surface area contributed by atoms with Crippen LogP contribution in [0.1, 0.15) is 19.0 Å². The van der Waals surface area contributed by atoms with Crippen LogP contribution in [0.3, 0.4) is 0 Å². The number of benzene rings is 2. The lowest BCUT2D eigenvalue weighted by molar-refractivity contribution is -0.112. The van der Waals surface area contributed by atoms with Gasteiger partial charge in [-0.1, -0.05) is 12.1 Å². The van der Waals surface area contributed by atoms with E-state index >= 15 is 0 Å². The lowest BCUT2D eigenvalue weighted by Crippen LogP contribution is -2.36. The molecular weight excluding hydrogens is 488 g/mol. The number of aromatic nitrogens is 2. The molecule has 1 saturated heterocycles. The number of amides is 1. The van der Waals surface area contributed by atoms with Gasteiger partial charge in [0.15, 0.2) is 0 Å². The predicted octanol–water partition coefficient (Wildman–Crippen LogP) is 6.48. The number of aryl methyl sites for hydroxylation is 1. The summed E-state index contributed by atoms with van der Waals surface area (Å²) >= 11 is 0. The molecule has 0 unspecified atom stereocenters. The predicted molar refractivity (Wildman–Crippen MR) is 158 cm³/mol. The standard InChI is InChI=1S/C31H30N6O2/c1-4-22(31(38)35-23-7-5-8-26(19-23)39-25-11-13-33-14-12-25)18-30(32-3)36-29-17-21(2)34-28-10-9-24(20-27(28)29)37-15-6-16-37/h4-5,7-14,17-20H,3,6,15-16H2,1-2H3,(H,34,36)(H,35,38)/b22-4+,30-18+. The number of rotatable bonds is 9. The Balaban J connectivity index is 1.35. The molecule has 0 atom stereocenters. The molecule has 2 aromatic heterocycles. The Bertz CT molecular complexity index is 1580. The fourth-order valence-corrected chi connectivity index (χ4v) is 4.29. The third kappa shape index (κ3) is 6.13. The topological polar surface area (TPSA) is 91.7 Å². The maximum absolute atomic E-state index is 13.2. The molecule has 1 aliphatic rings. The van der Waals surface area contributed by atoms with E-state index in [9.17, 15) is 4.79 Å². The number of anilines is 3. The molecule has 4 aromatic rings. The minimum Gasteiger partial charge on any atom is -0.457 e. The first-order valence-corrected chi connectivity index (χ1v) is 12.8. The molecule has 0 aliphatic carbocycles. The number of aliphatic imine (C=N–C) groups is 1. The van der Waals surface area contributed by atoms with Crippen LogP contribution in [-0.2, 0) is 4.79 Å². The Hall–Kier alpha value is -4.98. The second-order valence-corrected chi connectivity index (χ2v) is 9.18. The highest BCUT2D eigenvalue weighted by molar-refractivity contribution is 6.06. The van der Waals surface area contributed by atoms with Gasteiger partial charge in [-0.2, -0.15) is 0 Å². The van der Waals surface area contributed by atoms with E-state index in [1.165, 1.54) is 12.1 Å². The smallest absolute Gasteiger partial charge is 0.255 e. The van der Waals surface area contributed by atoms with Crippen molar-refractivity contribution in [1.82, 2.24) is 9.97 Å². The van der Waals surface area contributed by atoms with Gasteiger partial charge >= 0.3 is 0 Å². The van der Waals surface area contributed by atoms with E-state index in [1.807, 2.05) is 31.2 Å². The van der Waals surface area contributed by atoms with Crippen LogP contribution in [0, 0.1) is 6.92 Å². The van der Waals surface area contributed by atoms with E-state index in [0.717, 1.165) is 35.4 Å². The first-order valence-electron chi connectivity index (χ1n) is 12.8. The molecule has 8 heteroatoms. The van der Waals surface area contributed by atoms with Crippen LogP contribution in [0.15, 0.2) is 102 Å². The SMILES string of the molecule is C=N/C(=C\C(=C/C)C(=O)Nc1cccc(Oc2ccncc2)c1)Nc1cc(C)nc2ccc(N3CCC3)cc12. The minimum absolute atomic E-state index is 0.280. The number of fused-ring (bicyclic) bond motifs is 1. The van der Waals surface area contributed by atoms with E-state index in [4.69, 9.17) is 4.74 Å². The summed E-state index contributed by atoms with van der Waals surface area (Å²) in [5.41, 5.74) is 4.83. The lowest BCUT2D eigenvalue weighted by atomic mass is 10.1. The Morgan fingerprint density at radius 3 is 2.59 bits per heavy atom. The monoisotopic (exact) mass is 518 g/mol. The third-order valence-electron chi connectivity index (χ3n) is 6.42. The summed E-state index contributed by atoms with van der Waals surface area (Å²) in [7, 11) is 0. The number of allylic oxidation sites excluding steroid dienone is 1.